The third-order valence-electron chi connectivity index (χ3n) is 6.16. The number of hydrogen-bond donors (Lipinski definition) is 3. The molecule has 0 saturated heterocycles. The lowest BCUT2D eigenvalue weighted by Gasteiger charge is -2.15. The van der Waals surface area contributed by atoms with Crippen LogP contribution in [-0.2, 0) is 15.8 Å². The summed E-state index contributed by atoms with van der Waals surface area (Å²) in [5, 5.41) is 7.52. The van der Waals surface area contributed by atoms with Crippen molar-refractivity contribution in [2.45, 2.75) is 23.2 Å². The molecule has 0 aliphatic carbocycles. The van der Waals surface area contributed by atoms with Gasteiger partial charge in [-0.1, -0.05) is 65.1 Å². The average Bonchev–Trinajstić information content (AvgIpc) is 3.00. The van der Waals surface area contributed by atoms with Gasteiger partial charge in [0.05, 0.1) is 31.6 Å². The molecular weight excluding hydrogens is 670 g/mol. The van der Waals surface area contributed by atoms with Crippen molar-refractivity contribution in [3.8, 4) is 0 Å². The second-order valence-electron chi connectivity index (χ2n) is 9.44. The van der Waals surface area contributed by atoms with Gasteiger partial charge in [-0.05, 0) is 79.2 Å². The molecule has 6 nitrogen and oxygen atoms in total. The average molecular weight is 693 g/mol. The van der Waals surface area contributed by atoms with E-state index in [-0.39, 0.29) is 26.5 Å². The van der Waals surface area contributed by atoms with Gasteiger partial charge in [-0.15, -0.1) is 11.8 Å². The molecule has 0 aliphatic rings. The smallest absolute Gasteiger partial charge is 0.324 e. The van der Waals surface area contributed by atoms with E-state index in [4.69, 9.17) is 34.8 Å². The predicted molar refractivity (Wildman–Crippen MR) is 174 cm³/mol. The highest BCUT2D eigenvalue weighted by molar-refractivity contribution is 8.00. The van der Waals surface area contributed by atoms with Crippen molar-refractivity contribution >= 4 is 81.7 Å². The number of halogens is 6. The molecule has 232 valence electrons. The molecular formula is C32H23Cl3F3N3O3S. The highest BCUT2D eigenvalue weighted by Crippen LogP contribution is 2.34. The van der Waals surface area contributed by atoms with Crippen LogP contribution >= 0.6 is 46.6 Å². The Morgan fingerprint density at radius 2 is 1.51 bits per heavy atom. The van der Waals surface area contributed by atoms with Gasteiger partial charge in [-0.2, -0.15) is 13.2 Å². The Hall–Kier alpha value is -3.96. The van der Waals surface area contributed by atoms with Crippen LogP contribution in [0.5, 0.6) is 0 Å². The van der Waals surface area contributed by atoms with Crippen molar-refractivity contribution in [2.24, 2.45) is 0 Å². The third-order valence-corrected chi connectivity index (χ3v) is 8.43. The summed E-state index contributed by atoms with van der Waals surface area (Å²) in [4.78, 5) is 39.5. The molecule has 0 fully saturated rings. The van der Waals surface area contributed by atoms with Gasteiger partial charge in [0.2, 0.25) is 5.91 Å². The summed E-state index contributed by atoms with van der Waals surface area (Å²) in [5.74, 6) is -1.70. The molecule has 4 rings (SSSR count). The highest BCUT2D eigenvalue weighted by atomic mass is 35.5. The fourth-order valence-electron chi connectivity index (χ4n) is 3.83. The predicted octanol–water partition coefficient (Wildman–Crippen LogP) is 9.19. The normalized spacial score (nSPS) is 12.3. The van der Waals surface area contributed by atoms with E-state index < -0.39 is 34.7 Å². The Kier molecular flexibility index (Phi) is 11.2. The van der Waals surface area contributed by atoms with Crippen molar-refractivity contribution in [1.82, 2.24) is 5.32 Å². The first-order valence-electron chi connectivity index (χ1n) is 13.1. The summed E-state index contributed by atoms with van der Waals surface area (Å²) >= 11 is 19.6. The number of thioether (sulfide) groups is 1. The Morgan fingerprint density at radius 3 is 2.18 bits per heavy atom. The van der Waals surface area contributed by atoms with E-state index in [0.29, 0.717) is 21.7 Å². The van der Waals surface area contributed by atoms with Crippen molar-refractivity contribution in [3.63, 3.8) is 0 Å². The zero-order valence-corrected chi connectivity index (χ0v) is 26.3. The van der Waals surface area contributed by atoms with Crippen LogP contribution in [0.3, 0.4) is 0 Å². The first-order chi connectivity index (χ1) is 21.3. The van der Waals surface area contributed by atoms with Gasteiger partial charge in [0.25, 0.3) is 11.8 Å². The van der Waals surface area contributed by atoms with Crippen molar-refractivity contribution < 1.29 is 27.6 Å². The van der Waals surface area contributed by atoms with Gasteiger partial charge >= 0.3 is 6.18 Å². The number of alkyl halides is 3. The van der Waals surface area contributed by atoms with Crippen LogP contribution in [0.1, 0.15) is 28.4 Å². The lowest BCUT2D eigenvalue weighted by Crippen LogP contribution is -2.30. The van der Waals surface area contributed by atoms with E-state index in [9.17, 15) is 27.6 Å². The molecule has 0 saturated carbocycles. The van der Waals surface area contributed by atoms with E-state index in [0.717, 1.165) is 30.0 Å². The number of nitrogens with one attached hydrogen (secondary N) is 3. The quantitative estimate of drug-likeness (QED) is 0.121. The van der Waals surface area contributed by atoms with E-state index in [1.54, 1.807) is 79.7 Å². The molecule has 0 bridgehead atoms. The summed E-state index contributed by atoms with van der Waals surface area (Å²) in [6.07, 6.45) is -3.18. The van der Waals surface area contributed by atoms with Gasteiger partial charge in [0.15, 0.2) is 0 Å². The molecule has 4 aromatic rings. The lowest BCUT2D eigenvalue weighted by molar-refractivity contribution is -0.137. The monoisotopic (exact) mass is 691 g/mol. The SMILES string of the molecule is CC(Sc1ccc(NC(=O)/C(=C/c2cccc(Cl)c2Cl)NC(=O)c2ccccc2)cc1)C(=O)Nc1cc(C(F)(F)F)ccc1Cl. The maximum absolute atomic E-state index is 13.3. The zero-order chi connectivity index (χ0) is 32.7. The summed E-state index contributed by atoms with van der Waals surface area (Å²) in [5.41, 5.74) is -0.0478. The van der Waals surface area contributed by atoms with E-state index >= 15 is 0 Å². The minimum Gasteiger partial charge on any atom is -0.324 e. The first kappa shape index (κ1) is 33.9. The number of carbonyl (C=O) groups excluding carboxylic acids is 3. The fraction of sp³-hybridized carbons (Fsp3) is 0.0938. The van der Waals surface area contributed by atoms with E-state index in [1.165, 1.54) is 6.08 Å². The first-order valence-corrected chi connectivity index (χ1v) is 15.1. The number of benzene rings is 4. The Balaban J connectivity index is 1.45. The number of hydrogen-bond acceptors (Lipinski definition) is 4. The van der Waals surface area contributed by atoms with Crippen molar-refractivity contribution in [3.05, 3.63) is 128 Å². The summed E-state index contributed by atoms with van der Waals surface area (Å²) in [7, 11) is 0. The van der Waals surface area contributed by atoms with Crippen LogP contribution < -0.4 is 16.0 Å². The number of anilines is 2. The second kappa shape index (κ2) is 14.9. The van der Waals surface area contributed by atoms with Crippen LogP contribution in [0.4, 0.5) is 24.5 Å². The minimum atomic E-state index is -4.59. The molecule has 0 heterocycles. The van der Waals surface area contributed by atoms with Gasteiger partial charge in [0.1, 0.15) is 5.70 Å². The Bertz CT molecular complexity index is 1750. The lowest BCUT2D eigenvalue weighted by atomic mass is 10.1. The molecule has 0 aromatic heterocycles. The summed E-state index contributed by atoms with van der Waals surface area (Å²) < 4.78 is 39.2. The van der Waals surface area contributed by atoms with Crippen LogP contribution in [0.15, 0.2) is 102 Å². The molecule has 13 heteroatoms. The Morgan fingerprint density at radius 1 is 0.822 bits per heavy atom. The molecule has 4 aromatic carbocycles. The minimum absolute atomic E-state index is 0.0281. The standard InChI is InChI=1S/C32H23Cl3F3N3O3S/c1-18(29(42)40-26-17-21(32(36,37)38)10-15-24(26)33)45-23-13-11-22(12-14-23)39-31(44)27(16-20-8-5-9-25(34)28(20)35)41-30(43)19-6-3-2-4-7-19/h2-18H,1H3,(H,39,44)(H,40,42)(H,41,43)/b27-16-. The van der Waals surface area contributed by atoms with Crippen LogP contribution in [0.2, 0.25) is 15.1 Å². The van der Waals surface area contributed by atoms with Crippen LogP contribution in [0.25, 0.3) is 6.08 Å². The molecule has 3 N–H and O–H groups in total. The molecule has 45 heavy (non-hydrogen) atoms. The number of rotatable bonds is 9. The number of amides is 3. The highest BCUT2D eigenvalue weighted by Gasteiger charge is 2.31. The van der Waals surface area contributed by atoms with Crippen LogP contribution in [-0.4, -0.2) is 23.0 Å². The van der Waals surface area contributed by atoms with Gasteiger partial charge in [-0.3, -0.25) is 14.4 Å². The molecule has 0 aliphatic heterocycles. The maximum atomic E-state index is 13.3. The summed E-state index contributed by atoms with van der Waals surface area (Å²) in [6.45, 7) is 1.59. The topological polar surface area (TPSA) is 87.3 Å². The fourth-order valence-corrected chi connectivity index (χ4v) is 5.23. The molecule has 0 spiro atoms. The maximum Gasteiger partial charge on any atom is 0.416 e. The zero-order valence-electron chi connectivity index (χ0n) is 23.2. The largest absolute Gasteiger partial charge is 0.416 e. The third kappa shape index (κ3) is 9.27. The molecule has 1 atom stereocenters. The van der Waals surface area contributed by atoms with Gasteiger partial charge in [-0.25, -0.2) is 0 Å². The van der Waals surface area contributed by atoms with Gasteiger partial charge < -0.3 is 16.0 Å². The molecule has 3 amide bonds. The summed E-state index contributed by atoms with van der Waals surface area (Å²) in [6, 6.07) is 22.4. The number of carbonyl (C=O) groups is 3. The molecule has 1 unspecified atom stereocenters. The second-order valence-corrected chi connectivity index (χ2v) is 12.0. The Labute approximate surface area is 275 Å². The van der Waals surface area contributed by atoms with Crippen molar-refractivity contribution in [1.29, 1.82) is 0 Å². The van der Waals surface area contributed by atoms with Gasteiger partial charge in [0, 0.05) is 16.1 Å². The molecule has 0 radical (unpaired) electrons. The van der Waals surface area contributed by atoms with Crippen LogP contribution in [0, 0.1) is 0 Å². The van der Waals surface area contributed by atoms with Crippen molar-refractivity contribution in [2.75, 3.05) is 10.6 Å². The van der Waals surface area contributed by atoms with E-state index in [1.807, 2.05) is 0 Å². The van der Waals surface area contributed by atoms with E-state index in [2.05, 4.69) is 16.0 Å².